The first-order valence-electron chi connectivity index (χ1n) is 7.49. The molecular weight excluding hydrogens is 302 g/mol. The van der Waals surface area contributed by atoms with E-state index in [1.165, 1.54) is 9.79 Å². The lowest BCUT2D eigenvalue weighted by molar-refractivity contribution is 0.917. The van der Waals surface area contributed by atoms with Crippen LogP contribution in [-0.4, -0.2) is 4.57 Å². The quantitative estimate of drug-likeness (QED) is 0.493. The van der Waals surface area contributed by atoms with Gasteiger partial charge in [0.05, 0.1) is 5.52 Å². The molecule has 4 aromatic rings. The Hall–Kier alpha value is -2.52. The zero-order chi connectivity index (χ0) is 15.8. The van der Waals surface area contributed by atoms with Crippen LogP contribution >= 0.6 is 11.8 Å². The summed E-state index contributed by atoms with van der Waals surface area (Å²) >= 11 is 1.73. The highest BCUT2D eigenvalue weighted by Gasteiger charge is 2.12. The van der Waals surface area contributed by atoms with Crippen molar-refractivity contribution in [2.45, 2.75) is 9.79 Å². The van der Waals surface area contributed by atoms with E-state index in [2.05, 4.69) is 18.2 Å². The molecule has 112 valence electrons. The molecule has 4 rings (SSSR count). The number of hydrogen-bond donors (Lipinski definition) is 0. The van der Waals surface area contributed by atoms with Crippen molar-refractivity contribution in [3.8, 4) is 0 Å². The fourth-order valence-electron chi connectivity index (χ4n) is 2.95. The maximum absolute atomic E-state index is 12.6. The van der Waals surface area contributed by atoms with Crippen LogP contribution in [0.15, 0.2) is 87.4 Å². The first-order chi connectivity index (χ1) is 11.3. The summed E-state index contributed by atoms with van der Waals surface area (Å²) in [5.74, 6) is 0. The monoisotopic (exact) mass is 317 g/mol. The molecule has 3 aromatic carbocycles. The van der Waals surface area contributed by atoms with E-state index in [1.807, 2.05) is 61.6 Å². The van der Waals surface area contributed by atoms with Gasteiger partial charge in [0.25, 0.3) is 5.56 Å². The van der Waals surface area contributed by atoms with Crippen LogP contribution in [0.25, 0.3) is 21.7 Å². The van der Waals surface area contributed by atoms with Crippen molar-refractivity contribution in [2.24, 2.45) is 7.05 Å². The third-order valence-corrected chi connectivity index (χ3v) is 5.14. The Balaban J connectivity index is 2.08. The van der Waals surface area contributed by atoms with Crippen molar-refractivity contribution in [2.75, 3.05) is 0 Å². The predicted octanol–water partition coefficient (Wildman–Crippen LogP) is 4.84. The molecule has 0 saturated heterocycles. The van der Waals surface area contributed by atoms with Gasteiger partial charge in [0, 0.05) is 27.6 Å². The summed E-state index contributed by atoms with van der Waals surface area (Å²) in [6.07, 6.45) is 0. The van der Waals surface area contributed by atoms with Crippen molar-refractivity contribution < 1.29 is 0 Å². The largest absolute Gasteiger partial charge is 0.311 e. The maximum atomic E-state index is 12.6. The van der Waals surface area contributed by atoms with E-state index in [4.69, 9.17) is 0 Å². The minimum Gasteiger partial charge on any atom is -0.311 e. The smallest absolute Gasteiger partial charge is 0.258 e. The summed E-state index contributed by atoms with van der Waals surface area (Å²) in [5.41, 5.74) is 1.02. The van der Waals surface area contributed by atoms with Gasteiger partial charge >= 0.3 is 0 Å². The SMILES string of the molecule is Cn1c(=O)c2ccccc2c2c(Sc3ccccc3)cccc21. The van der Waals surface area contributed by atoms with Gasteiger partial charge in [0.15, 0.2) is 0 Å². The molecule has 0 aliphatic rings. The lowest BCUT2D eigenvalue weighted by atomic mass is 10.1. The Morgan fingerprint density at radius 2 is 1.48 bits per heavy atom. The highest BCUT2D eigenvalue weighted by Crippen LogP contribution is 2.36. The first kappa shape index (κ1) is 14.1. The fourth-order valence-corrected chi connectivity index (χ4v) is 3.96. The molecule has 0 unspecified atom stereocenters. The maximum Gasteiger partial charge on any atom is 0.258 e. The lowest BCUT2D eigenvalue weighted by Gasteiger charge is -2.12. The van der Waals surface area contributed by atoms with Gasteiger partial charge in [-0.05, 0) is 35.7 Å². The summed E-state index contributed by atoms with van der Waals surface area (Å²) in [6, 6.07) is 24.3. The highest BCUT2D eigenvalue weighted by atomic mass is 32.2. The number of benzene rings is 3. The average Bonchev–Trinajstić information content (AvgIpc) is 2.60. The van der Waals surface area contributed by atoms with Gasteiger partial charge in [-0.15, -0.1) is 0 Å². The van der Waals surface area contributed by atoms with Crippen molar-refractivity contribution in [3.63, 3.8) is 0 Å². The Labute approximate surface area is 138 Å². The van der Waals surface area contributed by atoms with E-state index in [-0.39, 0.29) is 5.56 Å². The summed E-state index contributed by atoms with van der Waals surface area (Å²) in [6.45, 7) is 0. The van der Waals surface area contributed by atoms with Crippen molar-refractivity contribution in [1.29, 1.82) is 0 Å². The van der Waals surface area contributed by atoms with E-state index in [0.717, 1.165) is 21.7 Å². The molecule has 0 atom stereocenters. The second kappa shape index (κ2) is 5.60. The van der Waals surface area contributed by atoms with Gasteiger partial charge in [-0.25, -0.2) is 0 Å². The summed E-state index contributed by atoms with van der Waals surface area (Å²) in [7, 11) is 1.84. The van der Waals surface area contributed by atoms with Crippen LogP contribution in [0.4, 0.5) is 0 Å². The Morgan fingerprint density at radius 1 is 0.783 bits per heavy atom. The fraction of sp³-hybridized carbons (Fsp3) is 0.0500. The number of hydrogen-bond acceptors (Lipinski definition) is 2. The molecule has 1 heterocycles. The number of fused-ring (bicyclic) bond motifs is 3. The highest BCUT2D eigenvalue weighted by molar-refractivity contribution is 7.99. The zero-order valence-electron chi connectivity index (χ0n) is 12.7. The van der Waals surface area contributed by atoms with Crippen LogP contribution < -0.4 is 5.56 Å². The van der Waals surface area contributed by atoms with Crippen LogP contribution in [0.1, 0.15) is 0 Å². The van der Waals surface area contributed by atoms with Crippen LogP contribution in [0, 0.1) is 0 Å². The molecular formula is C20H15NOS. The molecule has 0 fully saturated rings. The molecule has 0 spiro atoms. The second-order valence-electron chi connectivity index (χ2n) is 5.48. The minimum absolute atomic E-state index is 0.0509. The average molecular weight is 317 g/mol. The topological polar surface area (TPSA) is 22.0 Å². The number of rotatable bonds is 2. The predicted molar refractivity (Wildman–Crippen MR) is 97.3 cm³/mol. The van der Waals surface area contributed by atoms with Crippen LogP contribution in [0.3, 0.4) is 0 Å². The third kappa shape index (κ3) is 2.34. The van der Waals surface area contributed by atoms with E-state index in [9.17, 15) is 4.79 Å². The Kier molecular flexibility index (Phi) is 3.43. The molecule has 23 heavy (non-hydrogen) atoms. The van der Waals surface area contributed by atoms with E-state index >= 15 is 0 Å². The first-order valence-corrected chi connectivity index (χ1v) is 8.31. The summed E-state index contributed by atoms with van der Waals surface area (Å²) in [5, 5.41) is 2.92. The molecule has 3 heteroatoms. The van der Waals surface area contributed by atoms with Crippen molar-refractivity contribution >= 4 is 33.4 Å². The van der Waals surface area contributed by atoms with Gasteiger partial charge in [-0.1, -0.05) is 54.2 Å². The molecule has 0 aliphatic carbocycles. The third-order valence-electron chi connectivity index (χ3n) is 4.07. The molecule has 2 nitrogen and oxygen atoms in total. The second-order valence-corrected chi connectivity index (χ2v) is 6.59. The van der Waals surface area contributed by atoms with Gasteiger partial charge in [-0.3, -0.25) is 4.79 Å². The normalized spacial score (nSPS) is 11.2. The molecule has 1 aromatic heterocycles. The van der Waals surface area contributed by atoms with Gasteiger partial charge < -0.3 is 4.57 Å². The van der Waals surface area contributed by atoms with E-state index in [0.29, 0.717) is 0 Å². The standard InChI is InChI=1S/C20H15NOS/c1-21-17-12-7-13-18(23-14-8-3-2-4-9-14)19(17)15-10-5-6-11-16(15)20(21)22/h2-13H,1H3. The van der Waals surface area contributed by atoms with E-state index < -0.39 is 0 Å². The van der Waals surface area contributed by atoms with Crippen molar-refractivity contribution in [1.82, 2.24) is 4.57 Å². The van der Waals surface area contributed by atoms with Crippen molar-refractivity contribution in [3.05, 3.63) is 83.2 Å². The summed E-state index contributed by atoms with van der Waals surface area (Å²) < 4.78 is 1.74. The van der Waals surface area contributed by atoms with Gasteiger partial charge in [0.2, 0.25) is 0 Å². The zero-order valence-corrected chi connectivity index (χ0v) is 13.5. The number of aromatic nitrogens is 1. The molecule has 0 bridgehead atoms. The molecule has 0 radical (unpaired) electrons. The number of aryl methyl sites for hydroxylation is 1. The Bertz CT molecular complexity index is 1070. The van der Waals surface area contributed by atoms with Crippen LogP contribution in [-0.2, 0) is 7.05 Å². The van der Waals surface area contributed by atoms with Crippen LogP contribution in [0.5, 0.6) is 0 Å². The molecule has 0 amide bonds. The number of nitrogens with zero attached hydrogens (tertiary/aromatic N) is 1. The van der Waals surface area contributed by atoms with Gasteiger partial charge in [0.1, 0.15) is 0 Å². The molecule has 0 N–H and O–H groups in total. The van der Waals surface area contributed by atoms with Crippen LogP contribution in [0.2, 0.25) is 0 Å². The molecule has 0 aliphatic heterocycles. The molecule has 0 saturated carbocycles. The number of pyridine rings is 1. The Morgan fingerprint density at radius 3 is 2.26 bits per heavy atom. The minimum atomic E-state index is 0.0509. The van der Waals surface area contributed by atoms with Gasteiger partial charge in [-0.2, -0.15) is 0 Å². The summed E-state index contributed by atoms with van der Waals surface area (Å²) in [4.78, 5) is 14.9. The lowest BCUT2D eigenvalue weighted by Crippen LogP contribution is -2.17. The van der Waals surface area contributed by atoms with E-state index in [1.54, 1.807) is 16.3 Å².